The van der Waals surface area contributed by atoms with Crippen molar-refractivity contribution in [3.8, 4) is 0 Å². The number of hydrogen-bond acceptors (Lipinski definition) is 10. The van der Waals surface area contributed by atoms with Crippen LogP contribution in [0.3, 0.4) is 0 Å². The third kappa shape index (κ3) is 6.77. The molecular weight excluding hydrogens is 670 g/mol. The lowest BCUT2D eigenvalue weighted by molar-refractivity contribution is -0.129. The predicted octanol–water partition coefficient (Wildman–Crippen LogP) is 4.91. The van der Waals surface area contributed by atoms with Crippen LogP contribution in [-0.2, 0) is 30.2 Å². The fourth-order valence-electron chi connectivity index (χ4n) is 7.08. The van der Waals surface area contributed by atoms with E-state index in [1.165, 1.54) is 4.90 Å². The Morgan fingerprint density at radius 1 is 1.00 bits per heavy atom. The monoisotopic (exact) mass is 713 g/mol. The number of nitrogens with two attached hydrogens (primary N) is 1. The summed E-state index contributed by atoms with van der Waals surface area (Å²) in [7, 11) is 3.60. The summed E-state index contributed by atoms with van der Waals surface area (Å²) in [5.74, 6) is 1.32. The van der Waals surface area contributed by atoms with Gasteiger partial charge in [0.15, 0.2) is 11.6 Å². The largest absolute Gasteiger partial charge is 0.382 e. The predicted molar refractivity (Wildman–Crippen MR) is 201 cm³/mol. The molecule has 0 saturated carbocycles. The van der Waals surface area contributed by atoms with Gasteiger partial charge in [0, 0.05) is 74.9 Å². The molecule has 15 heteroatoms. The van der Waals surface area contributed by atoms with Gasteiger partial charge in [-0.2, -0.15) is 10.1 Å². The Hall–Kier alpha value is -4.95. The third-order valence-corrected chi connectivity index (χ3v) is 10.3. The van der Waals surface area contributed by atoms with Gasteiger partial charge in [-0.05, 0) is 75.4 Å². The molecule has 4 N–H and O–H groups in total. The molecule has 3 aromatic heterocycles. The summed E-state index contributed by atoms with van der Waals surface area (Å²) < 4.78 is 5.13. The molecule has 51 heavy (non-hydrogen) atoms. The molecule has 5 heterocycles. The number of imidazole rings is 1. The van der Waals surface area contributed by atoms with Crippen LogP contribution < -0.4 is 31.9 Å². The Kier molecular flexibility index (Phi) is 9.00. The highest BCUT2D eigenvalue weighted by molar-refractivity contribution is 6.33. The van der Waals surface area contributed by atoms with Gasteiger partial charge in [-0.1, -0.05) is 18.5 Å². The highest BCUT2D eigenvalue weighted by atomic mass is 35.5. The zero-order chi connectivity index (χ0) is 36.2. The van der Waals surface area contributed by atoms with E-state index in [1.54, 1.807) is 27.1 Å². The quantitative estimate of drug-likeness (QED) is 0.179. The molecule has 2 amide bonds. The fourth-order valence-corrected chi connectivity index (χ4v) is 7.22. The van der Waals surface area contributed by atoms with E-state index in [0.29, 0.717) is 54.8 Å². The van der Waals surface area contributed by atoms with Gasteiger partial charge in [-0.3, -0.25) is 23.4 Å². The average Bonchev–Trinajstić information content (AvgIpc) is 3.52. The number of aromatic nitrogens is 6. The summed E-state index contributed by atoms with van der Waals surface area (Å²) in [5, 5.41) is 12.8. The molecule has 2 fully saturated rings. The van der Waals surface area contributed by atoms with Crippen LogP contribution in [0.15, 0.2) is 47.4 Å². The molecule has 2 atom stereocenters. The third-order valence-electron chi connectivity index (χ3n) is 9.98. The lowest BCUT2D eigenvalue weighted by Crippen LogP contribution is -2.46. The molecule has 268 valence electrons. The minimum Gasteiger partial charge on any atom is -0.382 e. The second-order valence-electron chi connectivity index (χ2n) is 14.5. The number of piperidine rings is 2. The molecular formula is C36H44ClN11O3. The summed E-state index contributed by atoms with van der Waals surface area (Å²) in [6.45, 7) is 8.08. The Labute approximate surface area is 300 Å². The van der Waals surface area contributed by atoms with Crippen molar-refractivity contribution in [1.82, 2.24) is 28.9 Å². The molecule has 7 rings (SSSR count). The van der Waals surface area contributed by atoms with Crippen molar-refractivity contribution in [3.63, 3.8) is 0 Å². The first-order valence-corrected chi connectivity index (χ1v) is 17.8. The summed E-state index contributed by atoms with van der Waals surface area (Å²) in [6.07, 6.45) is 4.40. The van der Waals surface area contributed by atoms with Crippen molar-refractivity contribution in [2.24, 2.45) is 25.7 Å². The summed E-state index contributed by atoms with van der Waals surface area (Å²) in [4.78, 5) is 51.0. The van der Waals surface area contributed by atoms with Crippen LogP contribution in [0.4, 0.5) is 29.0 Å². The number of rotatable bonds is 9. The molecule has 0 spiro atoms. The van der Waals surface area contributed by atoms with Crippen molar-refractivity contribution in [3.05, 3.63) is 58.1 Å². The smallest absolute Gasteiger partial charge is 0.328 e. The van der Waals surface area contributed by atoms with Crippen LogP contribution in [0.1, 0.15) is 52.9 Å². The van der Waals surface area contributed by atoms with E-state index in [2.05, 4.69) is 32.5 Å². The van der Waals surface area contributed by atoms with Gasteiger partial charge in [0.1, 0.15) is 5.02 Å². The first-order chi connectivity index (χ1) is 24.3. The molecule has 2 aliphatic heterocycles. The molecule has 14 nitrogen and oxygen atoms in total. The molecule has 2 aromatic carbocycles. The number of benzene rings is 2. The standard InChI is InChI=1S/C36H44ClN11O3/c1-21-20-46(15-13-26(21)40-22-9-11-24-28(17-22)45(5)43-33(24)48-30(49)7-6-8-31(48)50)34-39-19-25(37)32(42-34)41-23-10-12-27-29(18-23)47(35(51)44(27)4)16-14-36(2,3)38/h9-12,17-19,21,26,40H,6-8,13-16,20,38H2,1-5H3,(H,39,41,42)/t21-,26-/m1/s1. The minimum atomic E-state index is -0.400. The number of imide groups is 1. The molecule has 5 aromatic rings. The Morgan fingerprint density at radius 3 is 2.45 bits per heavy atom. The van der Waals surface area contributed by atoms with Gasteiger partial charge >= 0.3 is 5.69 Å². The van der Waals surface area contributed by atoms with Gasteiger partial charge < -0.3 is 21.3 Å². The van der Waals surface area contributed by atoms with Gasteiger partial charge in [0.25, 0.3) is 0 Å². The van der Waals surface area contributed by atoms with E-state index in [-0.39, 0.29) is 29.5 Å². The van der Waals surface area contributed by atoms with E-state index < -0.39 is 5.54 Å². The first-order valence-electron chi connectivity index (χ1n) is 17.4. The van der Waals surface area contributed by atoms with Crippen LogP contribution in [0.5, 0.6) is 0 Å². The summed E-state index contributed by atoms with van der Waals surface area (Å²) >= 11 is 6.59. The Balaban J connectivity index is 1.04. The maximum Gasteiger partial charge on any atom is 0.328 e. The number of halogens is 1. The van der Waals surface area contributed by atoms with Crippen LogP contribution in [0.2, 0.25) is 5.02 Å². The first kappa shape index (κ1) is 34.5. The maximum absolute atomic E-state index is 13.0. The van der Waals surface area contributed by atoms with E-state index in [4.69, 9.17) is 22.3 Å². The number of nitrogens with one attached hydrogen (secondary N) is 2. The summed E-state index contributed by atoms with van der Waals surface area (Å²) in [6, 6.07) is 11.9. The molecule has 0 bridgehead atoms. The lowest BCUT2D eigenvalue weighted by Gasteiger charge is -2.37. The highest BCUT2D eigenvalue weighted by Crippen LogP contribution is 2.33. The van der Waals surface area contributed by atoms with E-state index in [0.717, 1.165) is 52.8 Å². The number of amides is 2. The van der Waals surface area contributed by atoms with Crippen molar-refractivity contribution in [1.29, 1.82) is 0 Å². The normalized spacial score (nSPS) is 18.6. The van der Waals surface area contributed by atoms with Crippen molar-refractivity contribution in [2.45, 2.75) is 71.0 Å². The number of fused-ring (bicyclic) bond motifs is 2. The van der Waals surface area contributed by atoms with Crippen LogP contribution >= 0.6 is 11.6 Å². The number of nitrogens with zero attached hydrogens (tertiary/aromatic N) is 8. The highest BCUT2D eigenvalue weighted by Gasteiger charge is 2.32. The van der Waals surface area contributed by atoms with Crippen LogP contribution in [0, 0.1) is 5.92 Å². The van der Waals surface area contributed by atoms with Crippen LogP contribution in [0.25, 0.3) is 21.9 Å². The number of carbonyl (C=O) groups is 2. The van der Waals surface area contributed by atoms with Crippen molar-refractivity contribution < 1.29 is 9.59 Å². The Morgan fingerprint density at radius 2 is 1.73 bits per heavy atom. The zero-order valence-electron chi connectivity index (χ0n) is 29.6. The minimum absolute atomic E-state index is 0.0873. The van der Waals surface area contributed by atoms with Crippen molar-refractivity contribution in [2.75, 3.05) is 33.5 Å². The molecule has 2 aliphatic rings. The second-order valence-corrected chi connectivity index (χ2v) is 15.0. The maximum atomic E-state index is 13.0. The number of aryl methyl sites for hydroxylation is 3. The van der Waals surface area contributed by atoms with Crippen LogP contribution in [-0.4, -0.2) is 65.4 Å². The SMILES string of the molecule is C[C@@H]1CN(c2ncc(Cl)c(Nc3ccc4c(c3)n(CCC(C)(C)N)c(=O)n4C)n2)CC[C@H]1Nc1ccc2c(N3C(=O)CCCC3=O)nn(C)c2c1. The second kappa shape index (κ2) is 13.3. The molecule has 2 saturated heterocycles. The number of anilines is 5. The zero-order valence-corrected chi connectivity index (χ0v) is 30.4. The average molecular weight is 714 g/mol. The lowest BCUT2D eigenvalue weighted by atomic mass is 9.93. The van der Waals surface area contributed by atoms with Crippen molar-refractivity contribution >= 4 is 74.3 Å². The molecule has 0 unspecified atom stereocenters. The van der Waals surface area contributed by atoms with E-state index in [9.17, 15) is 14.4 Å². The van der Waals surface area contributed by atoms with Gasteiger partial charge in [0.05, 0.1) is 22.7 Å². The fraction of sp³-hybridized carbons (Fsp3) is 0.444. The van der Waals surface area contributed by atoms with Gasteiger partial charge in [-0.25, -0.2) is 14.7 Å². The van der Waals surface area contributed by atoms with Gasteiger partial charge in [0.2, 0.25) is 17.8 Å². The molecule has 0 radical (unpaired) electrons. The van der Waals surface area contributed by atoms with E-state index in [1.807, 2.05) is 57.3 Å². The topological polar surface area (TPSA) is 161 Å². The number of carbonyl (C=O) groups excluding carboxylic acids is 2. The van der Waals surface area contributed by atoms with E-state index >= 15 is 0 Å². The van der Waals surface area contributed by atoms with Gasteiger partial charge in [-0.15, -0.1) is 0 Å². The summed E-state index contributed by atoms with van der Waals surface area (Å²) in [5.41, 5.74) is 9.91. The molecule has 0 aliphatic carbocycles. The number of hydrogen-bond donors (Lipinski definition) is 3. The Bertz CT molecular complexity index is 2200.